The molecule has 1 aliphatic carbocycles. The van der Waals surface area contributed by atoms with E-state index in [1.165, 1.54) is 64.2 Å². The molecule has 1 fully saturated rings. The zero-order chi connectivity index (χ0) is 26.9. The quantitative estimate of drug-likeness (QED) is 0.137. The van der Waals surface area contributed by atoms with Crippen LogP contribution in [0, 0.1) is 22.7 Å². The summed E-state index contributed by atoms with van der Waals surface area (Å²) in [6.07, 6.45) is 20.0. The maximum Gasteiger partial charge on any atom is 0.308 e. The van der Waals surface area contributed by atoms with E-state index in [1.807, 2.05) is 0 Å². The topological polar surface area (TPSA) is 52.6 Å². The Morgan fingerprint density at radius 2 is 0.778 bits per heavy atom. The Morgan fingerprint density at radius 3 is 1.08 bits per heavy atom. The lowest BCUT2D eigenvalue weighted by Gasteiger charge is -2.26. The molecule has 1 aliphatic rings. The second-order valence-electron chi connectivity index (χ2n) is 13.7. The first-order chi connectivity index (χ1) is 17.0. The Hall–Kier alpha value is -1.06. The van der Waals surface area contributed by atoms with Crippen molar-refractivity contribution in [3.63, 3.8) is 0 Å². The Bertz CT molecular complexity index is 524. The fraction of sp³-hybridized carbons (Fsp3) is 0.938. The lowest BCUT2D eigenvalue weighted by atomic mass is 9.82. The van der Waals surface area contributed by atoms with Gasteiger partial charge in [-0.15, -0.1) is 0 Å². The van der Waals surface area contributed by atoms with Gasteiger partial charge in [-0.2, -0.15) is 0 Å². The second kappa shape index (κ2) is 18.2. The van der Waals surface area contributed by atoms with E-state index in [1.54, 1.807) is 0 Å². The summed E-state index contributed by atoms with van der Waals surface area (Å²) in [4.78, 5) is 24.8. The van der Waals surface area contributed by atoms with E-state index >= 15 is 0 Å². The molecule has 0 bridgehead atoms. The molecule has 0 atom stereocenters. The Morgan fingerprint density at radius 1 is 0.500 bits per heavy atom. The van der Waals surface area contributed by atoms with Crippen LogP contribution in [0.5, 0.6) is 0 Å². The molecule has 0 N–H and O–H groups in total. The van der Waals surface area contributed by atoms with Crippen LogP contribution in [0.1, 0.15) is 157 Å². The third-order valence-electron chi connectivity index (χ3n) is 7.52. The molecule has 0 aromatic rings. The van der Waals surface area contributed by atoms with Crippen LogP contribution < -0.4 is 0 Å². The summed E-state index contributed by atoms with van der Waals surface area (Å²) in [5, 5.41) is 0. The average molecular weight is 509 g/mol. The largest absolute Gasteiger partial charge is 0.465 e. The zero-order valence-electron chi connectivity index (χ0n) is 24.9. The molecule has 0 amide bonds. The number of hydrogen-bond acceptors (Lipinski definition) is 4. The van der Waals surface area contributed by atoms with Crippen LogP contribution in [-0.2, 0) is 19.1 Å². The van der Waals surface area contributed by atoms with E-state index in [2.05, 4.69) is 41.5 Å². The van der Waals surface area contributed by atoms with Crippen molar-refractivity contribution >= 4 is 11.9 Å². The summed E-state index contributed by atoms with van der Waals surface area (Å²) in [6.45, 7) is 14.9. The first-order valence-corrected chi connectivity index (χ1v) is 15.3. The van der Waals surface area contributed by atoms with Crippen LogP contribution in [0.15, 0.2) is 0 Å². The van der Waals surface area contributed by atoms with Crippen molar-refractivity contribution in [2.75, 3.05) is 13.2 Å². The van der Waals surface area contributed by atoms with Crippen LogP contribution in [0.2, 0.25) is 0 Å². The van der Waals surface area contributed by atoms with Gasteiger partial charge in [-0.1, -0.05) is 106 Å². The lowest BCUT2D eigenvalue weighted by molar-refractivity contribution is -0.155. The molecule has 4 heteroatoms. The van der Waals surface area contributed by atoms with Gasteiger partial charge in [0.1, 0.15) is 0 Å². The summed E-state index contributed by atoms with van der Waals surface area (Å²) in [6, 6.07) is 0. The zero-order valence-corrected chi connectivity index (χ0v) is 24.9. The van der Waals surface area contributed by atoms with Crippen LogP contribution in [-0.4, -0.2) is 25.2 Å². The van der Waals surface area contributed by atoms with Gasteiger partial charge < -0.3 is 9.47 Å². The number of rotatable bonds is 18. The molecule has 0 aromatic carbocycles. The summed E-state index contributed by atoms with van der Waals surface area (Å²) in [5.74, 6) is -0.196. The number of unbranched alkanes of at least 4 members (excludes halogenated alkanes) is 10. The summed E-state index contributed by atoms with van der Waals surface area (Å²) in [7, 11) is 0. The van der Waals surface area contributed by atoms with Gasteiger partial charge in [0.2, 0.25) is 0 Å². The SMILES string of the molecule is CC(C)(C)CCCCCCCCOC(=O)C1CCC(C(=O)OCCCCCCCCC(C)(C)C)CC1. The van der Waals surface area contributed by atoms with Crippen LogP contribution in [0.4, 0.5) is 0 Å². The highest BCUT2D eigenvalue weighted by molar-refractivity contribution is 5.75. The van der Waals surface area contributed by atoms with Crippen molar-refractivity contribution in [1.82, 2.24) is 0 Å². The minimum Gasteiger partial charge on any atom is -0.465 e. The van der Waals surface area contributed by atoms with Crippen LogP contribution >= 0.6 is 0 Å². The van der Waals surface area contributed by atoms with E-state index < -0.39 is 0 Å². The minimum absolute atomic E-state index is 0.0373. The van der Waals surface area contributed by atoms with E-state index in [4.69, 9.17) is 9.47 Å². The van der Waals surface area contributed by atoms with E-state index in [-0.39, 0.29) is 23.8 Å². The van der Waals surface area contributed by atoms with Crippen molar-refractivity contribution in [2.24, 2.45) is 22.7 Å². The second-order valence-corrected chi connectivity index (χ2v) is 13.7. The Labute approximate surface area is 224 Å². The van der Waals surface area contributed by atoms with Crippen molar-refractivity contribution < 1.29 is 19.1 Å². The molecular formula is C32H60O4. The summed E-state index contributed by atoms with van der Waals surface area (Å²) in [5.41, 5.74) is 0.887. The molecular weight excluding hydrogens is 448 g/mol. The lowest BCUT2D eigenvalue weighted by Crippen LogP contribution is -2.28. The molecule has 0 radical (unpaired) electrons. The number of carbonyl (C=O) groups is 2. The third-order valence-corrected chi connectivity index (χ3v) is 7.52. The van der Waals surface area contributed by atoms with E-state index in [0.717, 1.165) is 51.4 Å². The van der Waals surface area contributed by atoms with Crippen molar-refractivity contribution in [3.05, 3.63) is 0 Å². The summed E-state index contributed by atoms with van der Waals surface area (Å²) >= 11 is 0. The molecule has 212 valence electrons. The summed E-state index contributed by atoms with van der Waals surface area (Å²) < 4.78 is 11.1. The van der Waals surface area contributed by atoms with Gasteiger partial charge >= 0.3 is 11.9 Å². The molecule has 0 spiro atoms. The number of esters is 2. The Kier molecular flexibility index (Phi) is 16.7. The highest BCUT2D eigenvalue weighted by atomic mass is 16.5. The molecule has 0 heterocycles. The van der Waals surface area contributed by atoms with Gasteiger partial charge in [0.05, 0.1) is 25.0 Å². The van der Waals surface area contributed by atoms with Crippen molar-refractivity contribution in [2.45, 2.75) is 157 Å². The fourth-order valence-corrected chi connectivity index (χ4v) is 5.08. The van der Waals surface area contributed by atoms with Gasteiger partial charge in [0, 0.05) is 0 Å². The molecule has 0 aliphatic heterocycles. The predicted molar refractivity (Wildman–Crippen MR) is 151 cm³/mol. The molecule has 1 rings (SSSR count). The van der Waals surface area contributed by atoms with Gasteiger partial charge in [-0.05, 0) is 62.2 Å². The fourth-order valence-electron chi connectivity index (χ4n) is 5.08. The highest BCUT2D eigenvalue weighted by Crippen LogP contribution is 2.31. The highest BCUT2D eigenvalue weighted by Gasteiger charge is 2.31. The predicted octanol–water partition coefficient (Wildman–Crippen LogP) is 9.43. The molecule has 0 saturated heterocycles. The molecule has 4 nitrogen and oxygen atoms in total. The maximum absolute atomic E-state index is 12.4. The number of hydrogen-bond donors (Lipinski definition) is 0. The van der Waals surface area contributed by atoms with Crippen LogP contribution in [0.25, 0.3) is 0 Å². The first-order valence-electron chi connectivity index (χ1n) is 15.3. The average Bonchev–Trinajstić information content (AvgIpc) is 2.80. The van der Waals surface area contributed by atoms with Gasteiger partial charge in [0.15, 0.2) is 0 Å². The van der Waals surface area contributed by atoms with Crippen molar-refractivity contribution in [3.8, 4) is 0 Å². The Balaban J connectivity index is 1.98. The van der Waals surface area contributed by atoms with E-state index in [9.17, 15) is 9.59 Å². The van der Waals surface area contributed by atoms with Gasteiger partial charge in [-0.3, -0.25) is 9.59 Å². The monoisotopic (exact) mass is 508 g/mol. The smallest absolute Gasteiger partial charge is 0.308 e. The molecule has 36 heavy (non-hydrogen) atoms. The van der Waals surface area contributed by atoms with Crippen LogP contribution in [0.3, 0.4) is 0 Å². The third kappa shape index (κ3) is 18.2. The van der Waals surface area contributed by atoms with Crippen molar-refractivity contribution in [1.29, 1.82) is 0 Å². The molecule has 0 unspecified atom stereocenters. The molecule has 0 aromatic heterocycles. The minimum atomic E-state index is -0.0607. The number of ether oxygens (including phenoxy) is 2. The standard InChI is InChI=1S/C32H60O4/c1-31(2,3)23-15-11-7-9-13-17-25-35-29(33)27-19-21-28(22-20-27)30(34)36-26-18-14-10-8-12-16-24-32(4,5)6/h27-28H,7-26H2,1-6H3. The molecule has 1 saturated carbocycles. The maximum atomic E-state index is 12.4. The van der Waals surface area contributed by atoms with E-state index in [0.29, 0.717) is 24.0 Å². The first kappa shape index (κ1) is 33.0. The normalized spacial score (nSPS) is 18.7. The van der Waals surface area contributed by atoms with Gasteiger partial charge in [-0.25, -0.2) is 0 Å². The number of carbonyl (C=O) groups excluding carboxylic acids is 2. The van der Waals surface area contributed by atoms with Gasteiger partial charge in [0.25, 0.3) is 0 Å².